The van der Waals surface area contributed by atoms with E-state index < -0.39 is 10.0 Å². The van der Waals surface area contributed by atoms with Crippen molar-refractivity contribution in [2.75, 3.05) is 13.1 Å². The van der Waals surface area contributed by atoms with Gasteiger partial charge in [0, 0.05) is 30.4 Å². The van der Waals surface area contributed by atoms with Crippen LogP contribution in [-0.2, 0) is 16.4 Å². The summed E-state index contributed by atoms with van der Waals surface area (Å²) in [6.45, 7) is 3.07. The fourth-order valence-corrected chi connectivity index (χ4v) is 4.18. The third-order valence-electron chi connectivity index (χ3n) is 4.40. The lowest BCUT2D eigenvalue weighted by atomic mass is 10.1. The van der Waals surface area contributed by atoms with Crippen LogP contribution in [0.15, 0.2) is 65.8 Å². The van der Waals surface area contributed by atoms with Crippen LogP contribution < -0.4 is 10.0 Å². The minimum Gasteiger partial charge on any atom is -0.315 e. The van der Waals surface area contributed by atoms with Gasteiger partial charge in [0.25, 0.3) is 0 Å². The predicted octanol–water partition coefficient (Wildman–Crippen LogP) is 2.61. The van der Waals surface area contributed by atoms with Crippen molar-refractivity contribution in [2.45, 2.75) is 24.3 Å². The molecule has 0 spiro atoms. The van der Waals surface area contributed by atoms with Crippen molar-refractivity contribution in [3.63, 3.8) is 0 Å². The van der Waals surface area contributed by atoms with Gasteiger partial charge in [0.1, 0.15) is 0 Å². The lowest BCUT2D eigenvalue weighted by molar-refractivity contribution is 0.537. The maximum absolute atomic E-state index is 12.6. The second-order valence-electron chi connectivity index (χ2n) is 6.67. The smallest absolute Gasteiger partial charge is 0.240 e. The number of sulfonamides is 1. The van der Waals surface area contributed by atoms with Crippen LogP contribution in [-0.4, -0.2) is 32.5 Å². The number of pyridine rings is 1. The van der Waals surface area contributed by atoms with E-state index in [0.717, 1.165) is 29.3 Å². The number of fused-ring (bicyclic) bond motifs is 1. The van der Waals surface area contributed by atoms with Gasteiger partial charge in [0.05, 0.1) is 16.5 Å². The molecule has 0 saturated heterocycles. The molecule has 1 heterocycles. The van der Waals surface area contributed by atoms with Crippen molar-refractivity contribution in [2.24, 2.45) is 0 Å². The third-order valence-corrected chi connectivity index (χ3v) is 5.99. The SMILES string of the molecule is CC(CNCCc1ccc(C#N)cc1)NS(=O)(=O)c1ccc2cnccc2c1. The Bertz CT molecular complexity index is 1090. The quantitative estimate of drug-likeness (QED) is 0.573. The van der Waals surface area contributed by atoms with Crippen LogP contribution in [0.25, 0.3) is 10.8 Å². The molecular formula is C21H22N4O2S. The van der Waals surface area contributed by atoms with E-state index in [1.165, 1.54) is 0 Å². The van der Waals surface area contributed by atoms with Crippen LogP contribution >= 0.6 is 0 Å². The van der Waals surface area contributed by atoms with Crippen molar-refractivity contribution >= 4 is 20.8 Å². The second kappa shape index (κ2) is 8.93. The molecule has 0 radical (unpaired) electrons. The molecule has 0 amide bonds. The molecule has 0 fully saturated rings. The van der Waals surface area contributed by atoms with Gasteiger partial charge in [-0.25, -0.2) is 13.1 Å². The first-order valence-electron chi connectivity index (χ1n) is 9.04. The number of nitriles is 1. The largest absolute Gasteiger partial charge is 0.315 e. The summed E-state index contributed by atoms with van der Waals surface area (Å²) >= 11 is 0. The highest BCUT2D eigenvalue weighted by molar-refractivity contribution is 7.89. The molecule has 144 valence electrons. The Morgan fingerprint density at radius 1 is 1.11 bits per heavy atom. The Hall–Kier alpha value is -2.79. The number of nitrogens with one attached hydrogen (secondary N) is 2. The average Bonchev–Trinajstić information content (AvgIpc) is 2.71. The summed E-state index contributed by atoms with van der Waals surface area (Å²) in [6.07, 6.45) is 4.16. The van der Waals surface area contributed by atoms with Gasteiger partial charge in [-0.1, -0.05) is 18.2 Å². The number of hydrogen-bond acceptors (Lipinski definition) is 5. The van der Waals surface area contributed by atoms with Gasteiger partial charge >= 0.3 is 0 Å². The maximum atomic E-state index is 12.6. The zero-order chi connectivity index (χ0) is 20.0. The molecule has 3 aromatic rings. The third kappa shape index (κ3) is 5.14. The summed E-state index contributed by atoms with van der Waals surface area (Å²) < 4.78 is 27.9. The van der Waals surface area contributed by atoms with Gasteiger partial charge in [-0.15, -0.1) is 0 Å². The van der Waals surface area contributed by atoms with Gasteiger partial charge in [-0.3, -0.25) is 4.98 Å². The Labute approximate surface area is 165 Å². The highest BCUT2D eigenvalue weighted by Crippen LogP contribution is 2.18. The van der Waals surface area contributed by atoms with Crippen LogP contribution in [0.2, 0.25) is 0 Å². The lowest BCUT2D eigenvalue weighted by Crippen LogP contribution is -2.40. The summed E-state index contributed by atoms with van der Waals surface area (Å²) in [5.41, 5.74) is 1.77. The van der Waals surface area contributed by atoms with E-state index in [9.17, 15) is 8.42 Å². The van der Waals surface area contributed by atoms with E-state index in [-0.39, 0.29) is 10.9 Å². The zero-order valence-corrected chi connectivity index (χ0v) is 16.4. The highest BCUT2D eigenvalue weighted by atomic mass is 32.2. The van der Waals surface area contributed by atoms with E-state index in [1.807, 2.05) is 19.1 Å². The first kappa shape index (κ1) is 20.0. The number of aromatic nitrogens is 1. The van der Waals surface area contributed by atoms with Crippen molar-refractivity contribution in [1.29, 1.82) is 5.26 Å². The Morgan fingerprint density at radius 2 is 1.89 bits per heavy atom. The monoisotopic (exact) mass is 394 g/mol. The average molecular weight is 395 g/mol. The van der Waals surface area contributed by atoms with Crippen molar-refractivity contribution in [1.82, 2.24) is 15.0 Å². The minimum absolute atomic E-state index is 0.246. The van der Waals surface area contributed by atoms with Crippen molar-refractivity contribution in [3.8, 4) is 6.07 Å². The fraction of sp³-hybridized carbons (Fsp3) is 0.238. The maximum Gasteiger partial charge on any atom is 0.240 e. The molecule has 1 atom stereocenters. The fourth-order valence-electron chi connectivity index (χ4n) is 2.90. The van der Waals surface area contributed by atoms with E-state index in [0.29, 0.717) is 12.1 Å². The van der Waals surface area contributed by atoms with Gasteiger partial charge in [0.2, 0.25) is 10.0 Å². The minimum atomic E-state index is -3.59. The van der Waals surface area contributed by atoms with Crippen LogP contribution in [0.1, 0.15) is 18.1 Å². The van der Waals surface area contributed by atoms with Gasteiger partial charge in [-0.2, -0.15) is 5.26 Å². The summed E-state index contributed by atoms with van der Waals surface area (Å²) in [6, 6.07) is 16.1. The molecule has 2 N–H and O–H groups in total. The predicted molar refractivity (Wildman–Crippen MR) is 109 cm³/mol. The lowest BCUT2D eigenvalue weighted by Gasteiger charge is -2.15. The molecule has 0 aliphatic heterocycles. The van der Waals surface area contributed by atoms with E-state index in [1.54, 1.807) is 48.8 Å². The molecule has 3 rings (SSSR count). The summed E-state index contributed by atoms with van der Waals surface area (Å²) in [5.74, 6) is 0. The van der Waals surface area contributed by atoms with Crippen LogP contribution in [0, 0.1) is 11.3 Å². The number of rotatable bonds is 8. The zero-order valence-electron chi connectivity index (χ0n) is 15.6. The molecular weight excluding hydrogens is 372 g/mol. The Kier molecular flexibility index (Phi) is 6.37. The summed E-state index contributed by atoms with van der Waals surface area (Å²) in [4.78, 5) is 4.28. The molecule has 0 saturated carbocycles. The molecule has 0 bridgehead atoms. The summed E-state index contributed by atoms with van der Waals surface area (Å²) in [5, 5.41) is 13.8. The first-order chi connectivity index (χ1) is 13.5. The number of nitrogens with zero attached hydrogens (tertiary/aromatic N) is 2. The highest BCUT2D eigenvalue weighted by Gasteiger charge is 2.17. The van der Waals surface area contributed by atoms with E-state index in [2.05, 4.69) is 21.1 Å². The van der Waals surface area contributed by atoms with E-state index in [4.69, 9.17) is 5.26 Å². The van der Waals surface area contributed by atoms with Gasteiger partial charge < -0.3 is 5.32 Å². The second-order valence-corrected chi connectivity index (χ2v) is 8.38. The normalized spacial score (nSPS) is 12.6. The van der Waals surface area contributed by atoms with Crippen LogP contribution in [0.3, 0.4) is 0 Å². The Balaban J connectivity index is 1.51. The standard InChI is InChI=1S/C21H22N4O2S/c1-16(14-23-10-8-17-2-4-18(13-22)5-3-17)25-28(26,27)21-7-6-20-15-24-11-9-19(20)12-21/h2-7,9,11-12,15-16,23,25H,8,10,14H2,1H3. The van der Waals surface area contributed by atoms with Gasteiger partial charge in [-0.05, 0) is 61.2 Å². The molecule has 7 heteroatoms. The number of hydrogen-bond donors (Lipinski definition) is 2. The van der Waals surface area contributed by atoms with Crippen molar-refractivity contribution in [3.05, 3.63) is 72.1 Å². The van der Waals surface area contributed by atoms with Gasteiger partial charge in [0.15, 0.2) is 0 Å². The topological polar surface area (TPSA) is 94.9 Å². The molecule has 6 nitrogen and oxygen atoms in total. The molecule has 1 unspecified atom stereocenters. The molecule has 28 heavy (non-hydrogen) atoms. The summed E-state index contributed by atoms with van der Waals surface area (Å²) in [7, 11) is -3.59. The van der Waals surface area contributed by atoms with E-state index >= 15 is 0 Å². The van der Waals surface area contributed by atoms with Crippen LogP contribution in [0.4, 0.5) is 0 Å². The van der Waals surface area contributed by atoms with Crippen LogP contribution in [0.5, 0.6) is 0 Å². The molecule has 0 aliphatic rings. The number of benzene rings is 2. The molecule has 2 aromatic carbocycles. The van der Waals surface area contributed by atoms with Crippen molar-refractivity contribution < 1.29 is 8.42 Å². The molecule has 0 aliphatic carbocycles. The first-order valence-corrected chi connectivity index (χ1v) is 10.5. The Morgan fingerprint density at radius 3 is 2.64 bits per heavy atom. The molecule has 1 aromatic heterocycles.